The maximum atomic E-state index is 14.9. The number of aromatic amines is 1. The summed E-state index contributed by atoms with van der Waals surface area (Å²) in [6, 6.07) is 3.05. The van der Waals surface area contributed by atoms with Crippen LogP contribution in [0.1, 0.15) is 70.9 Å². The first kappa shape index (κ1) is 67.3. The number of H-pyrrole nitrogens is 1. The molecular formula is C58H74N14O16S. The number of aliphatic hydroxyl groups excluding tert-OH is 2. The van der Waals surface area contributed by atoms with E-state index in [4.69, 9.17) is 0 Å². The number of para-hydroxylation sites is 1. The molecule has 14 N–H and O–H groups in total. The molecule has 3 aromatic rings. The second-order valence-electron chi connectivity index (χ2n) is 22.0. The van der Waals surface area contributed by atoms with Crippen LogP contribution in [-0.2, 0) is 80.1 Å². The summed E-state index contributed by atoms with van der Waals surface area (Å²) in [5.74, 6) is -12.8. The number of thioether (sulfide) groups is 1. The number of rotatable bonds is 17. The number of benzene rings is 2. The summed E-state index contributed by atoms with van der Waals surface area (Å²) in [7, 11) is 0. The molecule has 0 unspecified atom stereocenters. The molecule has 478 valence electrons. The summed E-state index contributed by atoms with van der Waals surface area (Å²) in [6.07, 6.45) is -0.0230. The highest BCUT2D eigenvalue weighted by atomic mass is 32.2. The summed E-state index contributed by atoms with van der Waals surface area (Å²) < 4.78 is 0. The number of fused-ring (bicyclic) bond motifs is 5. The van der Waals surface area contributed by atoms with E-state index < -0.39 is 176 Å². The predicted octanol–water partition coefficient (Wildman–Crippen LogP) is -3.91. The number of imide groups is 1. The van der Waals surface area contributed by atoms with Gasteiger partial charge in [-0.3, -0.25) is 72.0 Å². The maximum absolute atomic E-state index is 14.9. The van der Waals surface area contributed by atoms with Crippen molar-refractivity contribution in [2.24, 2.45) is 11.8 Å². The van der Waals surface area contributed by atoms with E-state index in [0.717, 1.165) is 33.7 Å². The highest BCUT2D eigenvalue weighted by Gasteiger charge is 2.43. The Morgan fingerprint density at radius 3 is 2.11 bits per heavy atom. The molecule has 1 aromatic heterocycles. The first-order valence-electron chi connectivity index (χ1n) is 29.1. The van der Waals surface area contributed by atoms with Gasteiger partial charge in [-0.1, -0.05) is 57.5 Å². The molecule has 1 saturated heterocycles. The minimum atomic E-state index is -1.71. The quantitative estimate of drug-likeness (QED) is 0.0575. The average molecular weight is 1260 g/mol. The Bertz CT molecular complexity index is 3250. The number of aromatic nitrogens is 1. The predicted molar refractivity (Wildman–Crippen MR) is 317 cm³/mol. The molecule has 4 aliphatic heterocycles. The van der Waals surface area contributed by atoms with Crippen LogP contribution in [0.5, 0.6) is 0 Å². The zero-order valence-electron chi connectivity index (χ0n) is 49.4. The average Bonchev–Trinajstić information content (AvgIpc) is 1.96. The molecule has 1 fully saturated rings. The van der Waals surface area contributed by atoms with Gasteiger partial charge in [-0.25, -0.2) is 0 Å². The number of aliphatic hydroxyl groups is 2. The molecule has 14 amide bonds. The van der Waals surface area contributed by atoms with Gasteiger partial charge in [0.05, 0.1) is 43.8 Å². The Hall–Kier alpha value is -9.23. The molecule has 0 radical (unpaired) electrons. The van der Waals surface area contributed by atoms with Gasteiger partial charge in [0.1, 0.15) is 42.3 Å². The molecule has 0 spiro atoms. The van der Waals surface area contributed by atoms with Gasteiger partial charge in [0.2, 0.25) is 70.9 Å². The molecule has 31 heteroatoms. The van der Waals surface area contributed by atoms with E-state index in [-0.39, 0.29) is 51.1 Å². The molecule has 2 aromatic carbocycles. The van der Waals surface area contributed by atoms with Crippen molar-refractivity contribution >= 4 is 111 Å². The van der Waals surface area contributed by atoms with Crippen molar-refractivity contribution in [3.63, 3.8) is 0 Å². The van der Waals surface area contributed by atoms with Crippen LogP contribution in [0.2, 0.25) is 0 Å². The van der Waals surface area contributed by atoms with Gasteiger partial charge < -0.3 is 78.6 Å². The standard InChI is InChI=1S/C58H74N14O16S/c1-5-29(2)49-55(86)62-25-45(78)65-39-28-89-57-35(34-9-6-7-10-36(34)68-57)21-37(52(83)61-26-46(79)69-49)66-56(87)50(30(3)41(74)27-73)70-54(85)40-11-8-19-71(40)58(88)38(67-53(39)84)22-43(76)59-23-32-12-14-33(15-13-32)64-51(82)31(4)63-44(77)24-60-42(75)18-20-72-47(80)16-17-48(72)81/h6-7,9-10,12-17,29-31,37-41,49-50,68,73-74H,5,8,11,18-28H2,1-4H3,(H,59,76)(H,60,75)(H,61,83)(H,62,86)(H,63,77)(H,64,82)(H,65,78)(H,66,87)(H,67,84)(H,69,79)(H,70,85)/t29-,30-,31-,37+,38-,39-,40-,41-,49-,50-/m0/s1. The van der Waals surface area contributed by atoms with Gasteiger partial charge in [-0.05, 0) is 55.0 Å². The van der Waals surface area contributed by atoms with Gasteiger partial charge in [-0.2, -0.15) is 0 Å². The summed E-state index contributed by atoms with van der Waals surface area (Å²) in [5.41, 5.74) is 1.79. The Labute approximate surface area is 514 Å². The van der Waals surface area contributed by atoms with Gasteiger partial charge in [-0.15, -0.1) is 11.8 Å². The zero-order valence-corrected chi connectivity index (χ0v) is 50.2. The third-order valence-electron chi connectivity index (χ3n) is 15.7. The van der Waals surface area contributed by atoms with Crippen LogP contribution in [0.25, 0.3) is 10.9 Å². The molecule has 2 bridgehead atoms. The van der Waals surface area contributed by atoms with E-state index in [1.54, 1.807) is 50.2 Å². The van der Waals surface area contributed by atoms with Crippen LogP contribution in [0, 0.1) is 11.8 Å². The smallest absolute Gasteiger partial charge is 0.253 e. The highest BCUT2D eigenvalue weighted by molar-refractivity contribution is 7.99. The van der Waals surface area contributed by atoms with E-state index >= 15 is 0 Å². The van der Waals surface area contributed by atoms with E-state index in [9.17, 15) is 77.3 Å². The Kier molecular flexibility index (Phi) is 23.5. The minimum Gasteiger partial charge on any atom is -0.394 e. The van der Waals surface area contributed by atoms with E-state index in [0.29, 0.717) is 39.2 Å². The van der Waals surface area contributed by atoms with Crippen molar-refractivity contribution < 1.29 is 77.3 Å². The van der Waals surface area contributed by atoms with Gasteiger partial charge in [0.15, 0.2) is 0 Å². The number of nitrogens with zero attached hydrogens (tertiary/aromatic N) is 2. The lowest BCUT2D eigenvalue weighted by Gasteiger charge is -2.33. The molecule has 0 aliphatic carbocycles. The Morgan fingerprint density at radius 2 is 1.42 bits per heavy atom. The van der Waals surface area contributed by atoms with Crippen LogP contribution in [0.3, 0.4) is 0 Å². The molecule has 5 heterocycles. The number of nitrogens with one attached hydrogen (secondary N) is 12. The maximum Gasteiger partial charge on any atom is 0.253 e. The second-order valence-corrected chi connectivity index (χ2v) is 23.1. The number of hydrogen-bond donors (Lipinski definition) is 14. The monoisotopic (exact) mass is 1250 g/mol. The topological polar surface area (TPSA) is 434 Å². The molecule has 0 saturated carbocycles. The lowest BCUT2D eigenvalue weighted by molar-refractivity contribution is -0.144. The number of carbonyl (C=O) groups is 14. The molecule has 4 aliphatic rings. The molecule has 7 rings (SSSR count). The first-order chi connectivity index (χ1) is 42.4. The molecule has 10 atom stereocenters. The molecule has 89 heavy (non-hydrogen) atoms. The van der Waals surface area contributed by atoms with Crippen molar-refractivity contribution in [3.8, 4) is 0 Å². The lowest BCUT2D eigenvalue weighted by atomic mass is 9.94. The fraction of sp³-hybridized carbons (Fsp3) is 0.483. The highest BCUT2D eigenvalue weighted by Crippen LogP contribution is 2.32. The van der Waals surface area contributed by atoms with Crippen molar-refractivity contribution in [1.82, 2.24) is 68.0 Å². The third kappa shape index (κ3) is 18.0. The first-order valence-corrected chi connectivity index (χ1v) is 30.1. The van der Waals surface area contributed by atoms with Crippen LogP contribution < -0.4 is 58.5 Å². The van der Waals surface area contributed by atoms with Crippen molar-refractivity contribution in [2.45, 2.75) is 126 Å². The molecular weight excluding hydrogens is 1180 g/mol. The minimum absolute atomic E-state index is 0.0312. The third-order valence-corrected chi connectivity index (χ3v) is 16.8. The number of amides is 14. The number of hydrogen-bond acceptors (Lipinski definition) is 17. The van der Waals surface area contributed by atoms with Gasteiger partial charge in [0, 0.05) is 72.9 Å². The van der Waals surface area contributed by atoms with Crippen LogP contribution in [-0.4, -0.2) is 201 Å². The van der Waals surface area contributed by atoms with Crippen molar-refractivity contribution in [2.75, 3.05) is 50.4 Å². The summed E-state index contributed by atoms with van der Waals surface area (Å²) >= 11 is 1.02. The Balaban J connectivity index is 1.12. The summed E-state index contributed by atoms with van der Waals surface area (Å²) in [5, 5.41) is 50.3. The van der Waals surface area contributed by atoms with Gasteiger partial charge >= 0.3 is 0 Å². The molecule has 30 nitrogen and oxygen atoms in total. The number of carbonyl (C=O) groups excluding carboxylic acids is 14. The fourth-order valence-electron chi connectivity index (χ4n) is 10.2. The van der Waals surface area contributed by atoms with Crippen LogP contribution in [0.15, 0.2) is 65.7 Å². The fourth-order valence-corrected chi connectivity index (χ4v) is 11.3. The Morgan fingerprint density at radius 1 is 0.730 bits per heavy atom. The van der Waals surface area contributed by atoms with Crippen molar-refractivity contribution in [1.29, 1.82) is 0 Å². The van der Waals surface area contributed by atoms with E-state index in [1.807, 2.05) is 0 Å². The van der Waals surface area contributed by atoms with Crippen molar-refractivity contribution in [3.05, 3.63) is 71.8 Å². The zero-order chi connectivity index (χ0) is 64.6. The second kappa shape index (κ2) is 31.1. The SMILES string of the molecule is CC[C@H](C)[C@@H]1NC(=O)CNC(=O)[C@H]2Cc3c([nH]c4ccccc34)SC[C@H](NC(=O)CNC1=O)C(=O)N[C@@H](CC(=O)NCc1ccc(NC(=O)[C@H](C)NC(=O)CNC(=O)CCN3C(=O)C=CC3=O)cc1)C(=O)N1CCC[C@H]1C(=O)N[C@@H]([C@@H](C)[C@@H](O)CO)C(=O)N2. The largest absolute Gasteiger partial charge is 0.394 e. The number of anilines is 1. The van der Waals surface area contributed by atoms with Gasteiger partial charge in [0.25, 0.3) is 11.8 Å². The lowest BCUT2D eigenvalue weighted by Crippen LogP contribution is -2.62. The van der Waals surface area contributed by atoms with E-state index in [1.165, 1.54) is 26.0 Å². The summed E-state index contributed by atoms with van der Waals surface area (Å²) in [6.45, 7) is 3.16. The van der Waals surface area contributed by atoms with Crippen LogP contribution >= 0.6 is 11.8 Å². The van der Waals surface area contributed by atoms with Crippen LogP contribution in [0.4, 0.5) is 5.69 Å². The summed E-state index contributed by atoms with van der Waals surface area (Å²) in [4.78, 5) is 195. The van der Waals surface area contributed by atoms with E-state index in [2.05, 4.69) is 63.5 Å². The normalized spacial score (nSPS) is 23.0.